The van der Waals surface area contributed by atoms with Gasteiger partial charge in [0.2, 0.25) is 0 Å². The Morgan fingerprint density at radius 3 is 2.43 bits per heavy atom. The Labute approximate surface area is 202 Å². The number of aromatic nitrogens is 5. The van der Waals surface area contributed by atoms with Crippen LogP contribution in [-0.2, 0) is 13.6 Å². The number of benzene rings is 2. The zero-order valence-corrected chi connectivity index (χ0v) is 19.5. The van der Waals surface area contributed by atoms with Crippen molar-refractivity contribution < 1.29 is 5.11 Å². The molecule has 1 aliphatic heterocycles. The van der Waals surface area contributed by atoms with Crippen molar-refractivity contribution in [3.05, 3.63) is 95.6 Å². The van der Waals surface area contributed by atoms with Gasteiger partial charge in [-0.2, -0.15) is 0 Å². The molecule has 1 N–H and O–H groups in total. The maximum Gasteiger partial charge on any atom is 0.335 e. The fraction of sp³-hybridized carbons (Fsp3) is 0.222. The van der Waals surface area contributed by atoms with E-state index < -0.39 is 0 Å². The van der Waals surface area contributed by atoms with E-state index in [1.54, 1.807) is 22.9 Å². The van der Waals surface area contributed by atoms with E-state index in [0.717, 1.165) is 54.2 Å². The quantitative estimate of drug-likeness (QED) is 0.427. The van der Waals surface area contributed by atoms with Gasteiger partial charge in [0.25, 0.3) is 0 Å². The largest absolute Gasteiger partial charge is 0.508 e. The van der Waals surface area contributed by atoms with Crippen molar-refractivity contribution in [2.24, 2.45) is 7.05 Å². The molecule has 35 heavy (non-hydrogen) atoms. The molecule has 5 aromatic rings. The SMILES string of the molecule is Cn1ccnc1CN1CCC(n2c(=O)n(-c3ccc(-c4ccc(O)cc4)cc3)c3cccnc32)C1. The molecular formula is C27H26N6O2. The molecule has 4 heterocycles. The maximum absolute atomic E-state index is 13.8. The summed E-state index contributed by atoms with van der Waals surface area (Å²) < 4.78 is 5.65. The Bertz CT molecular complexity index is 1550. The third-order valence-corrected chi connectivity index (χ3v) is 6.86. The first-order chi connectivity index (χ1) is 17.1. The van der Waals surface area contributed by atoms with Crippen molar-refractivity contribution in [2.45, 2.75) is 19.0 Å². The highest BCUT2D eigenvalue weighted by molar-refractivity contribution is 5.75. The lowest BCUT2D eigenvalue weighted by Crippen LogP contribution is -2.29. The van der Waals surface area contributed by atoms with E-state index in [4.69, 9.17) is 0 Å². The molecule has 0 aliphatic carbocycles. The number of aromatic hydroxyl groups is 1. The minimum Gasteiger partial charge on any atom is -0.508 e. The highest BCUT2D eigenvalue weighted by atomic mass is 16.3. The van der Waals surface area contributed by atoms with Gasteiger partial charge >= 0.3 is 5.69 Å². The zero-order valence-electron chi connectivity index (χ0n) is 19.5. The molecule has 1 saturated heterocycles. The molecule has 176 valence electrons. The van der Waals surface area contributed by atoms with Crippen LogP contribution in [0.15, 0.2) is 84.0 Å². The molecular weight excluding hydrogens is 440 g/mol. The smallest absolute Gasteiger partial charge is 0.335 e. The van der Waals surface area contributed by atoms with Crippen molar-refractivity contribution in [1.82, 2.24) is 28.6 Å². The molecule has 0 spiro atoms. The van der Waals surface area contributed by atoms with Crippen LogP contribution in [0.25, 0.3) is 28.0 Å². The van der Waals surface area contributed by atoms with Gasteiger partial charge in [0.15, 0.2) is 5.65 Å². The van der Waals surface area contributed by atoms with Crippen molar-refractivity contribution in [3.63, 3.8) is 0 Å². The molecule has 1 atom stereocenters. The number of aryl methyl sites for hydroxylation is 1. The van der Waals surface area contributed by atoms with Gasteiger partial charge in [-0.3, -0.25) is 14.0 Å². The van der Waals surface area contributed by atoms with Gasteiger partial charge in [0, 0.05) is 38.7 Å². The Hall–Kier alpha value is -4.17. The van der Waals surface area contributed by atoms with Gasteiger partial charge in [0.1, 0.15) is 11.6 Å². The first-order valence-corrected chi connectivity index (χ1v) is 11.7. The van der Waals surface area contributed by atoms with E-state index >= 15 is 0 Å². The van der Waals surface area contributed by atoms with Gasteiger partial charge in [-0.15, -0.1) is 0 Å². The van der Waals surface area contributed by atoms with Crippen molar-refractivity contribution in [2.75, 3.05) is 13.1 Å². The number of likely N-dealkylation sites (tertiary alicyclic amines) is 1. The summed E-state index contributed by atoms with van der Waals surface area (Å²) in [5, 5.41) is 9.56. The number of phenols is 1. The molecule has 6 rings (SSSR count). The van der Waals surface area contributed by atoms with Crippen LogP contribution in [-0.4, -0.2) is 46.8 Å². The number of hydrogen-bond acceptors (Lipinski definition) is 5. The third kappa shape index (κ3) is 3.81. The Balaban J connectivity index is 1.34. The second-order valence-corrected chi connectivity index (χ2v) is 9.06. The summed E-state index contributed by atoms with van der Waals surface area (Å²) >= 11 is 0. The fourth-order valence-corrected chi connectivity index (χ4v) is 5.00. The molecule has 0 saturated carbocycles. The van der Waals surface area contributed by atoms with Gasteiger partial charge in [0.05, 0.1) is 23.8 Å². The van der Waals surface area contributed by atoms with Crippen molar-refractivity contribution in [3.8, 4) is 22.6 Å². The highest BCUT2D eigenvalue weighted by Crippen LogP contribution is 2.27. The van der Waals surface area contributed by atoms with Crippen LogP contribution in [0.1, 0.15) is 18.3 Å². The minimum absolute atomic E-state index is 0.0534. The number of phenolic OH excluding ortho intramolecular Hbond substituents is 1. The second kappa shape index (κ2) is 8.56. The average molecular weight is 467 g/mol. The Kier molecular flexibility index (Phi) is 5.22. The fourth-order valence-electron chi connectivity index (χ4n) is 5.00. The van der Waals surface area contributed by atoms with Crippen LogP contribution >= 0.6 is 0 Å². The molecule has 1 aliphatic rings. The number of imidazole rings is 2. The molecule has 8 nitrogen and oxygen atoms in total. The molecule has 3 aromatic heterocycles. The molecule has 0 bridgehead atoms. The van der Waals surface area contributed by atoms with Crippen LogP contribution in [0, 0.1) is 0 Å². The predicted octanol–water partition coefficient (Wildman–Crippen LogP) is 3.74. The Morgan fingerprint density at radius 1 is 0.971 bits per heavy atom. The second-order valence-electron chi connectivity index (χ2n) is 9.06. The van der Waals surface area contributed by atoms with E-state index in [-0.39, 0.29) is 17.5 Å². The summed E-state index contributed by atoms with van der Waals surface area (Å²) in [6, 6.07) is 18.9. The number of rotatable bonds is 5. The summed E-state index contributed by atoms with van der Waals surface area (Å²) in [6.07, 6.45) is 6.41. The number of nitrogens with zero attached hydrogens (tertiary/aromatic N) is 6. The predicted molar refractivity (Wildman–Crippen MR) is 135 cm³/mol. The maximum atomic E-state index is 13.8. The molecule has 1 fully saturated rings. The van der Waals surface area contributed by atoms with E-state index in [0.29, 0.717) is 5.65 Å². The van der Waals surface area contributed by atoms with Gasteiger partial charge < -0.3 is 9.67 Å². The van der Waals surface area contributed by atoms with Crippen LogP contribution in [0.4, 0.5) is 0 Å². The van der Waals surface area contributed by atoms with Gasteiger partial charge in [-0.05, 0) is 53.9 Å². The number of pyridine rings is 1. The van der Waals surface area contributed by atoms with E-state index in [2.05, 4.69) is 14.9 Å². The summed E-state index contributed by atoms with van der Waals surface area (Å²) in [5.41, 5.74) is 4.27. The summed E-state index contributed by atoms with van der Waals surface area (Å²) in [6.45, 7) is 2.45. The number of fused-ring (bicyclic) bond motifs is 1. The van der Waals surface area contributed by atoms with Gasteiger partial charge in [-0.1, -0.05) is 24.3 Å². The topological polar surface area (TPSA) is 81.1 Å². The van der Waals surface area contributed by atoms with Gasteiger partial charge in [-0.25, -0.2) is 14.8 Å². The first kappa shape index (κ1) is 21.4. The highest BCUT2D eigenvalue weighted by Gasteiger charge is 2.29. The van der Waals surface area contributed by atoms with E-state index in [1.165, 1.54) is 0 Å². The summed E-state index contributed by atoms with van der Waals surface area (Å²) in [4.78, 5) is 25.2. The summed E-state index contributed by atoms with van der Waals surface area (Å²) in [7, 11) is 2.00. The van der Waals surface area contributed by atoms with Crippen LogP contribution in [0.2, 0.25) is 0 Å². The lowest BCUT2D eigenvalue weighted by atomic mass is 10.1. The average Bonchev–Trinajstić information content (AvgIpc) is 3.57. The van der Waals surface area contributed by atoms with E-state index in [9.17, 15) is 9.90 Å². The zero-order chi connectivity index (χ0) is 23.9. The molecule has 0 radical (unpaired) electrons. The molecule has 0 amide bonds. The van der Waals surface area contributed by atoms with Crippen molar-refractivity contribution >= 4 is 11.2 Å². The number of hydrogen-bond donors (Lipinski definition) is 1. The Morgan fingerprint density at radius 2 is 1.71 bits per heavy atom. The molecule has 8 heteroatoms. The molecule has 2 aromatic carbocycles. The molecule has 1 unspecified atom stereocenters. The summed E-state index contributed by atoms with van der Waals surface area (Å²) in [5.74, 6) is 1.26. The monoisotopic (exact) mass is 466 g/mol. The lowest BCUT2D eigenvalue weighted by molar-refractivity contribution is 0.304. The van der Waals surface area contributed by atoms with E-state index in [1.807, 2.05) is 77.1 Å². The standard InChI is InChI=1S/C27H26N6O2/c1-30-16-14-28-25(30)18-31-15-12-22(17-31)33-26-24(3-2-13-29-26)32(27(33)35)21-8-4-19(5-9-21)20-6-10-23(34)11-7-20/h2-11,13-14,16,22,34H,12,15,17-18H2,1H3. The first-order valence-electron chi connectivity index (χ1n) is 11.7. The lowest BCUT2D eigenvalue weighted by Gasteiger charge is -2.16. The van der Waals surface area contributed by atoms with Crippen LogP contribution < -0.4 is 5.69 Å². The normalized spacial score (nSPS) is 16.3. The van der Waals surface area contributed by atoms with Crippen LogP contribution in [0.3, 0.4) is 0 Å². The third-order valence-electron chi connectivity index (χ3n) is 6.86. The van der Waals surface area contributed by atoms with Crippen LogP contribution in [0.5, 0.6) is 5.75 Å². The minimum atomic E-state index is -0.0695. The van der Waals surface area contributed by atoms with Crippen molar-refractivity contribution in [1.29, 1.82) is 0 Å².